The summed E-state index contributed by atoms with van der Waals surface area (Å²) in [5.74, 6) is -0.347. The van der Waals surface area contributed by atoms with Gasteiger partial charge in [0.05, 0.1) is 5.69 Å². The molecule has 0 bridgehead atoms. The molecular formula is C16H11ClFN3S. The van der Waals surface area contributed by atoms with Gasteiger partial charge in [-0.05, 0) is 41.9 Å². The third-order valence-electron chi connectivity index (χ3n) is 2.97. The molecule has 0 aliphatic rings. The lowest BCUT2D eigenvalue weighted by molar-refractivity contribution is 0.603. The molecule has 2 N–H and O–H groups in total. The summed E-state index contributed by atoms with van der Waals surface area (Å²) in [6.07, 6.45) is 1.59. The number of benzene rings is 2. The number of aromatic nitrogens is 2. The van der Waals surface area contributed by atoms with E-state index in [0.717, 1.165) is 10.5 Å². The summed E-state index contributed by atoms with van der Waals surface area (Å²) in [5, 5.41) is 0.177. The van der Waals surface area contributed by atoms with Crippen LogP contribution < -0.4 is 5.73 Å². The van der Waals surface area contributed by atoms with Crippen LogP contribution in [0, 0.1) is 5.82 Å². The van der Waals surface area contributed by atoms with Gasteiger partial charge in [-0.25, -0.2) is 14.4 Å². The minimum atomic E-state index is -0.347. The Morgan fingerprint density at radius 3 is 2.64 bits per heavy atom. The molecule has 0 aliphatic heterocycles. The number of rotatable bonds is 3. The number of hydrogen-bond acceptors (Lipinski definition) is 4. The molecule has 1 heterocycles. The molecular weight excluding hydrogens is 321 g/mol. The molecule has 0 atom stereocenters. The Balaban J connectivity index is 2.01. The fourth-order valence-electron chi connectivity index (χ4n) is 1.97. The van der Waals surface area contributed by atoms with Gasteiger partial charge in [-0.15, -0.1) is 0 Å². The summed E-state index contributed by atoms with van der Waals surface area (Å²) in [6, 6.07) is 14.0. The molecule has 110 valence electrons. The van der Waals surface area contributed by atoms with Crippen LogP contribution in [0.1, 0.15) is 0 Å². The predicted molar refractivity (Wildman–Crippen MR) is 87.4 cm³/mol. The lowest BCUT2D eigenvalue weighted by Crippen LogP contribution is -1.90. The van der Waals surface area contributed by atoms with Crippen molar-refractivity contribution < 1.29 is 4.39 Å². The normalized spacial score (nSPS) is 10.6. The zero-order valence-corrected chi connectivity index (χ0v) is 12.9. The van der Waals surface area contributed by atoms with E-state index in [-0.39, 0.29) is 11.1 Å². The van der Waals surface area contributed by atoms with Crippen molar-refractivity contribution in [3.63, 3.8) is 0 Å². The van der Waals surface area contributed by atoms with E-state index in [2.05, 4.69) is 9.97 Å². The minimum Gasteiger partial charge on any atom is -0.399 e. The predicted octanol–water partition coefficient (Wildman–Crippen LogP) is 4.67. The summed E-state index contributed by atoms with van der Waals surface area (Å²) >= 11 is 7.16. The van der Waals surface area contributed by atoms with E-state index in [9.17, 15) is 4.39 Å². The van der Waals surface area contributed by atoms with Crippen LogP contribution in [0.15, 0.2) is 64.5 Å². The Morgan fingerprint density at radius 2 is 1.86 bits per heavy atom. The third-order valence-corrected chi connectivity index (χ3v) is 4.27. The summed E-state index contributed by atoms with van der Waals surface area (Å²) in [7, 11) is 0. The first-order chi connectivity index (χ1) is 10.6. The van der Waals surface area contributed by atoms with Gasteiger partial charge in [-0.2, -0.15) is 0 Å². The van der Waals surface area contributed by atoms with Crippen LogP contribution in [-0.2, 0) is 0 Å². The van der Waals surface area contributed by atoms with Crippen molar-refractivity contribution >= 4 is 29.1 Å². The summed E-state index contributed by atoms with van der Waals surface area (Å²) < 4.78 is 14.0. The molecule has 3 aromatic rings. The van der Waals surface area contributed by atoms with E-state index in [4.69, 9.17) is 17.3 Å². The van der Waals surface area contributed by atoms with Gasteiger partial charge in [-0.1, -0.05) is 30.0 Å². The second kappa shape index (κ2) is 6.34. The summed E-state index contributed by atoms with van der Waals surface area (Å²) in [6.45, 7) is 0. The average molecular weight is 332 g/mol. The Hall–Kier alpha value is -2.11. The van der Waals surface area contributed by atoms with Gasteiger partial charge in [0.15, 0.2) is 0 Å². The number of halogens is 2. The highest BCUT2D eigenvalue weighted by molar-refractivity contribution is 7.99. The smallest absolute Gasteiger partial charge is 0.222 e. The molecule has 0 fully saturated rings. The topological polar surface area (TPSA) is 51.8 Å². The fraction of sp³-hybridized carbons (Fsp3) is 0. The van der Waals surface area contributed by atoms with E-state index >= 15 is 0 Å². The fourth-order valence-corrected chi connectivity index (χ4v) is 3.08. The Morgan fingerprint density at radius 1 is 1.05 bits per heavy atom. The number of nitrogens with two attached hydrogens (primary N) is 1. The maximum absolute atomic E-state index is 14.0. The molecule has 0 radical (unpaired) electrons. The lowest BCUT2D eigenvalue weighted by atomic mass is 10.1. The van der Waals surface area contributed by atoms with Gasteiger partial charge in [0.25, 0.3) is 0 Å². The highest BCUT2D eigenvalue weighted by atomic mass is 35.5. The molecule has 0 spiro atoms. The van der Waals surface area contributed by atoms with Gasteiger partial charge in [0.1, 0.15) is 5.82 Å². The quantitative estimate of drug-likeness (QED) is 0.559. The Kier molecular flexibility index (Phi) is 4.27. The molecule has 3 rings (SSSR count). The van der Waals surface area contributed by atoms with Crippen LogP contribution in [0.25, 0.3) is 11.3 Å². The van der Waals surface area contributed by atoms with Crippen molar-refractivity contribution in [3.8, 4) is 11.3 Å². The molecule has 2 aromatic carbocycles. The SMILES string of the molecule is Nc1ccc(Sc2ccccc2-c2ccnc(Cl)n2)c(F)c1. The highest BCUT2D eigenvalue weighted by Crippen LogP contribution is 2.36. The Labute approximate surface area is 136 Å². The lowest BCUT2D eigenvalue weighted by Gasteiger charge is -2.09. The first-order valence-corrected chi connectivity index (χ1v) is 7.64. The number of anilines is 1. The first-order valence-electron chi connectivity index (χ1n) is 6.44. The average Bonchev–Trinajstić information content (AvgIpc) is 2.50. The first kappa shape index (κ1) is 14.8. The standard InChI is InChI=1S/C16H11ClFN3S/c17-16-20-8-7-13(21-16)11-3-1-2-4-14(11)22-15-6-5-10(19)9-12(15)18/h1-9H,19H2. The second-order valence-electron chi connectivity index (χ2n) is 4.50. The molecule has 3 nitrogen and oxygen atoms in total. The van der Waals surface area contributed by atoms with Gasteiger partial charge in [-0.3, -0.25) is 0 Å². The largest absolute Gasteiger partial charge is 0.399 e. The summed E-state index contributed by atoms with van der Waals surface area (Å²) in [5.41, 5.74) is 7.54. The van der Waals surface area contributed by atoms with Gasteiger partial charge in [0.2, 0.25) is 5.28 Å². The van der Waals surface area contributed by atoms with Gasteiger partial charge < -0.3 is 5.73 Å². The summed E-state index contributed by atoms with van der Waals surface area (Å²) in [4.78, 5) is 9.46. The molecule has 0 saturated carbocycles. The number of nitrogen functional groups attached to an aromatic ring is 1. The van der Waals surface area contributed by atoms with Crippen molar-refractivity contribution in [2.45, 2.75) is 9.79 Å². The van der Waals surface area contributed by atoms with Crippen molar-refractivity contribution in [3.05, 3.63) is 65.8 Å². The van der Waals surface area contributed by atoms with Crippen molar-refractivity contribution in [1.82, 2.24) is 9.97 Å². The molecule has 6 heteroatoms. The van der Waals surface area contributed by atoms with E-state index in [1.165, 1.54) is 17.8 Å². The monoisotopic (exact) mass is 331 g/mol. The van der Waals surface area contributed by atoms with Gasteiger partial charge >= 0.3 is 0 Å². The maximum atomic E-state index is 14.0. The van der Waals surface area contributed by atoms with Crippen LogP contribution in [0.5, 0.6) is 0 Å². The van der Waals surface area contributed by atoms with Crippen LogP contribution in [0.2, 0.25) is 5.28 Å². The van der Waals surface area contributed by atoms with E-state index in [1.807, 2.05) is 24.3 Å². The molecule has 22 heavy (non-hydrogen) atoms. The highest BCUT2D eigenvalue weighted by Gasteiger charge is 2.11. The van der Waals surface area contributed by atoms with E-state index < -0.39 is 0 Å². The van der Waals surface area contributed by atoms with Crippen LogP contribution in [-0.4, -0.2) is 9.97 Å². The second-order valence-corrected chi connectivity index (χ2v) is 5.92. The maximum Gasteiger partial charge on any atom is 0.222 e. The van der Waals surface area contributed by atoms with E-state index in [0.29, 0.717) is 16.3 Å². The molecule has 0 amide bonds. The minimum absolute atomic E-state index is 0.177. The van der Waals surface area contributed by atoms with Crippen molar-refractivity contribution in [1.29, 1.82) is 0 Å². The third kappa shape index (κ3) is 3.21. The molecule has 1 aromatic heterocycles. The van der Waals surface area contributed by atoms with Crippen LogP contribution >= 0.6 is 23.4 Å². The molecule has 0 aliphatic carbocycles. The van der Waals surface area contributed by atoms with Crippen LogP contribution in [0.4, 0.5) is 10.1 Å². The van der Waals surface area contributed by atoms with Crippen molar-refractivity contribution in [2.24, 2.45) is 0 Å². The molecule has 0 unspecified atom stereocenters. The van der Waals surface area contributed by atoms with Crippen molar-refractivity contribution in [2.75, 3.05) is 5.73 Å². The Bertz CT molecular complexity index is 826. The zero-order valence-electron chi connectivity index (χ0n) is 11.3. The van der Waals surface area contributed by atoms with E-state index in [1.54, 1.807) is 24.4 Å². The number of nitrogens with zero attached hydrogens (tertiary/aromatic N) is 2. The molecule has 0 saturated heterocycles. The van der Waals surface area contributed by atoms with Crippen LogP contribution in [0.3, 0.4) is 0 Å². The number of hydrogen-bond donors (Lipinski definition) is 1. The van der Waals surface area contributed by atoms with Gasteiger partial charge in [0, 0.05) is 27.2 Å². The zero-order chi connectivity index (χ0) is 15.5.